The summed E-state index contributed by atoms with van der Waals surface area (Å²) >= 11 is 17.7. The molecule has 2 aromatic carbocycles. The number of benzene rings is 2. The van der Waals surface area contributed by atoms with Crippen LogP contribution in [0.2, 0.25) is 10.0 Å². The Morgan fingerprint density at radius 2 is 1.61 bits per heavy atom. The molecule has 3 N–H and O–H groups in total. The number of guanidine groups is 1. The molecule has 0 spiro atoms. The van der Waals surface area contributed by atoms with Gasteiger partial charge in [-0.3, -0.25) is 5.32 Å². The Morgan fingerprint density at radius 3 is 2.26 bits per heavy atom. The topological polar surface area (TPSA) is 74.2 Å². The van der Waals surface area contributed by atoms with E-state index in [-0.39, 0.29) is 0 Å². The Hall–Kier alpha value is -2.74. The van der Waals surface area contributed by atoms with E-state index < -0.39 is 0 Å². The Balaban J connectivity index is 1.78. The van der Waals surface area contributed by atoms with E-state index in [9.17, 15) is 0 Å². The number of nitrogens with zero attached hydrogens (tertiary/aromatic N) is 3. The van der Waals surface area contributed by atoms with Gasteiger partial charge in [0.05, 0.1) is 17.3 Å². The SMILES string of the molecule is Cc1ccc(NC(=S)NC(=NCc2ccc(Cl)cc2)Nc2nc(C)cc(C)n2)c(Cl)c1. The summed E-state index contributed by atoms with van der Waals surface area (Å²) in [5, 5.41) is 10.9. The number of thiocarbonyl (C=S) groups is 1. The van der Waals surface area contributed by atoms with E-state index in [2.05, 4.69) is 30.9 Å². The molecular formula is C22H22Cl2N6S. The monoisotopic (exact) mass is 472 g/mol. The first-order valence-electron chi connectivity index (χ1n) is 9.51. The summed E-state index contributed by atoms with van der Waals surface area (Å²) in [6.45, 7) is 6.19. The lowest BCUT2D eigenvalue weighted by Crippen LogP contribution is -2.39. The molecular weight excluding hydrogens is 451 g/mol. The largest absolute Gasteiger partial charge is 0.331 e. The van der Waals surface area contributed by atoms with Crippen LogP contribution in [0.3, 0.4) is 0 Å². The van der Waals surface area contributed by atoms with Crippen molar-refractivity contribution in [1.29, 1.82) is 0 Å². The molecule has 0 amide bonds. The van der Waals surface area contributed by atoms with E-state index in [1.165, 1.54) is 0 Å². The zero-order chi connectivity index (χ0) is 22.4. The van der Waals surface area contributed by atoms with Crippen LogP contribution in [0.15, 0.2) is 53.5 Å². The number of aryl methyl sites for hydroxylation is 3. The number of rotatable bonds is 4. The van der Waals surface area contributed by atoms with Crippen molar-refractivity contribution < 1.29 is 0 Å². The minimum absolute atomic E-state index is 0.331. The normalized spacial score (nSPS) is 11.2. The van der Waals surface area contributed by atoms with Gasteiger partial charge in [0.1, 0.15) is 0 Å². The number of hydrogen-bond donors (Lipinski definition) is 3. The first-order valence-corrected chi connectivity index (χ1v) is 10.7. The third-order valence-electron chi connectivity index (χ3n) is 4.15. The molecule has 160 valence electrons. The van der Waals surface area contributed by atoms with Crippen molar-refractivity contribution in [2.24, 2.45) is 4.99 Å². The second-order valence-electron chi connectivity index (χ2n) is 6.95. The van der Waals surface area contributed by atoms with Crippen LogP contribution in [-0.4, -0.2) is 21.0 Å². The lowest BCUT2D eigenvalue weighted by atomic mass is 10.2. The molecule has 0 bridgehead atoms. The molecule has 1 aromatic heterocycles. The molecule has 0 atom stereocenters. The molecule has 1 heterocycles. The number of aromatic nitrogens is 2. The molecule has 0 aliphatic carbocycles. The molecule has 3 rings (SSSR count). The van der Waals surface area contributed by atoms with Crippen molar-refractivity contribution in [3.63, 3.8) is 0 Å². The summed E-state index contributed by atoms with van der Waals surface area (Å²) in [5.74, 6) is 0.830. The quantitative estimate of drug-likeness (QED) is 0.258. The Kier molecular flexibility index (Phi) is 7.79. The van der Waals surface area contributed by atoms with Gasteiger partial charge in [0.25, 0.3) is 0 Å². The lowest BCUT2D eigenvalue weighted by Gasteiger charge is -2.15. The molecule has 0 aliphatic rings. The van der Waals surface area contributed by atoms with Crippen molar-refractivity contribution in [3.8, 4) is 0 Å². The summed E-state index contributed by atoms with van der Waals surface area (Å²) in [6.07, 6.45) is 0. The van der Waals surface area contributed by atoms with E-state index in [0.29, 0.717) is 39.3 Å². The average molecular weight is 473 g/mol. The van der Waals surface area contributed by atoms with Crippen LogP contribution >= 0.6 is 35.4 Å². The van der Waals surface area contributed by atoms with Gasteiger partial charge in [0.15, 0.2) is 5.11 Å². The second kappa shape index (κ2) is 10.5. The minimum atomic E-state index is 0.331. The molecule has 0 saturated heterocycles. The zero-order valence-corrected chi connectivity index (χ0v) is 19.7. The number of aliphatic imine (C=N–C) groups is 1. The van der Waals surface area contributed by atoms with Gasteiger partial charge >= 0.3 is 0 Å². The first kappa shape index (κ1) is 22.9. The molecule has 0 saturated carbocycles. The highest BCUT2D eigenvalue weighted by atomic mass is 35.5. The van der Waals surface area contributed by atoms with Crippen LogP contribution in [0, 0.1) is 20.8 Å². The number of anilines is 2. The van der Waals surface area contributed by atoms with Gasteiger partial charge in [-0.05, 0) is 74.4 Å². The van der Waals surface area contributed by atoms with Crippen LogP contribution in [-0.2, 0) is 6.54 Å². The van der Waals surface area contributed by atoms with Crippen molar-refractivity contribution in [2.45, 2.75) is 27.3 Å². The molecule has 0 radical (unpaired) electrons. The maximum absolute atomic E-state index is 6.30. The van der Waals surface area contributed by atoms with E-state index in [4.69, 9.17) is 35.4 Å². The third kappa shape index (κ3) is 7.17. The Labute approximate surface area is 197 Å². The molecule has 6 nitrogen and oxygen atoms in total. The van der Waals surface area contributed by atoms with E-state index in [1.54, 1.807) is 0 Å². The van der Waals surface area contributed by atoms with Crippen LogP contribution in [0.25, 0.3) is 0 Å². The standard InChI is InChI=1S/C22H22Cl2N6S/c1-13-4-9-19(18(24)10-13)28-22(31)30-20(25-12-16-5-7-17(23)8-6-16)29-21-26-14(2)11-15(3)27-21/h4-11H,12H2,1-3H3,(H3,25,26,27,28,29,30,31). The maximum Gasteiger partial charge on any atom is 0.229 e. The highest BCUT2D eigenvalue weighted by Gasteiger charge is 2.09. The van der Waals surface area contributed by atoms with Crippen LogP contribution in [0.5, 0.6) is 0 Å². The number of nitrogens with one attached hydrogen (secondary N) is 3. The predicted molar refractivity (Wildman–Crippen MR) is 133 cm³/mol. The van der Waals surface area contributed by atoms with Gasteiger partial charge in [-0.15, -0.1) is 0 Å². The van der Waals surface area contributed by atoms with Gasteiger partial charge in [-0.2, -0.15) is 0 Å². The van der Waals surface area contributed by atoms with E-state index in [1.807, 2.05) is 69.3 Å². The Bertz CT molecular complexity index is 1100. The summed E-state index contributed by atoms with van der Waals surface area (Å²) in [6, 6.07) is 15.1. The number of hydrogen-bond acceptors (Lipinski definition) is 4. The van der Waals surface area contributed by atoms with Crippen LogP contribution in [0.1, 0.15) is 22.5 Å². The van der Waals surface area contributed by atoms with Gasteiger partial charge in [-0.25, -0.2) is 15.0 Å². The molecule has 0 aliphatic heterocycles. The fourth-order valence-corrected chi connectivity index (χ4v) is 3.36. The van der Waals surface area contributed by atoms with Crippen molar-refractivity contribution in [2.75, 3.05) is 10.6 Å². The van der Waals surface area contributed by atoms with Gasteiger partial charge in [0.2, 0.25) is 11.9 Å². The molecule has 0 unspecified atom stereocenters. The van der Waals surface area contributed by atoms with Crippen LogP contribution < -0.4 is 16.0 Å². The minimum Gasteiger partial charge on any atom is -0.331 e. The van der Waals surface area contributed by atoms with Crippen molar-refractivity contribution in [3.05, 3.63) is 81.1 Å². The summed E-state index contributed by atoms with van der Waals surface area (Å²) in [4.78, 5) is 13.4. The molecule has 0 fully saturated rings. The van der Waals surface area contributed by atoms with Gasteiger partial charge in [-0.1, -0.05) is 41.4 Å². The highest BCUT2D eigenvalue weighted by molar-refractivity contribution is 7.80. The first-order chi connectivity index (χ1) is 14.8. The van der Waals surface area contributed by atoms with E-state index in [0.717, 1.165) is 22.5 Å². The Morgan fingerprint density at radius 1 is 0.935 bits per heavy atom. The zero-order valence-electron chi connectivity index (χ0n) is 17.3. The van der Waals surface area contributed by atoms with Crippen LogP contribution in [0.4, 0.5) is 11.6 Å². The fraction of sp³-hybridized carbons (Fsp3) is 0.182. The maximum atomic E-state index is 6.30. The van der Waals surface area contributed by atoms with Gasteiger partial charge in [0, 0.05) is 16.4 Å². The fourth-order valence-electron chi connectivity index (χ4n) is 2.74. The summed E-state index contributed by atoms with van der Waals surface area (Å²) < 4.78 is 0. The summed E-state index contributed by atoms with van der Waals surface area (Å²) in [7, 11) is 0. The molecule has 3 aromatic rings. The lowest BCUT2D eigenvalue weighted by molar-refractivity contribution is 1.03. The summed E-state index contributed by atoms with van der Waals surface area (Å²) in [5.41, 5.74) is 4.45. The second-order valence-corrected chi connectivity index (χ2v) is 8.20. The number of halogens is 2. The average Bonchev–Trinajstić information content (AvgIpc) is 2.69. The van der Waals surface area contributed by atoms with Crippen molar-refractivity contribution >= 4 is 58.1 Å². The highest BCUT2D eigenvalue weighted by Crippen LogP contribution is 2.22. The van der Waals surface area contributed by atoms with Gasteiger partial charge < -0.3 is 10.6 Å². The third-order valence-corrected chi connectivity index (χ3v) is 4.92. The van der Waals surface area contributed by atoms with Crippen molar-refractivity contribution in [1.82, 2.24) is 15.3 Å². The predicted octanol–water partition coefficient (Wildman–Crippen LogP) is 5.66. The van der Waals surface area contributed by atoms with E-state index >= 15 is 0 Å². The smallest absolute Gasteiger partial charge is 0.229 e. The molecule has 9 heteroatoms. The molecule has 31 heavy (non-hydrogen) atoms.